The van der Waals surface area contributed by atoms with Crippen LogP contribution in [0, 0.1) is 29.1 Å². The molecule has 128 valence electrons. The molecule has 0 aromatic carbocycles. The minimum absolute atomic E-state index is 0.113. The minimum atomic E-state index is -0.372. The van der Waals surface area contributed by atoms with Crippen molar-refractivity contribution in [2.75, 3.05) is 0 Å². The molecule has 0 spiro atoms. The molecular formula is C20H36O2. The fourth-order valence-corrected chi connectivity index (χ4v) is 4.54. The van der Waals surface area contributed by atoms with Gasteiger partial charge in [-0.1, -0.05) is 6.92 Å². The van der Waals surface area contributed by atoms with Crippen molar-refractivity contribution >= 4 is 5.97 Å². The molecule has 0 saturated heterocycles. The standard InChI is InChI=1S/C10H20O2.C10H16/c1-7-10(5,6)8(11)12-9(2,3)4;1-7-2-9-4-8(1)5-10(3-7)6-9/h7H2,1-6H3;7-10H,1-6H2. The molecule has 0 radical (unpaired) electrons. The summed E-state index contributed by atoms with van der Waals surface area (Å²) < 4.78 is 5.25. The maximum absolute atomic E-state index is 11.5. The molecule has 4 bridgehead atoms. The van der Waals surface area contributed by atoms with E-state index in [2.05, 4.69) is 0 Å². The van der Waals surface area contributed by atoms with Gasteiger partial charge in [0.15, 0.2) is 0 Å². The van der Waals surface area contributed by atoms with Crippen LogP contribution in [0.5, 0.6) is 0 Å². The van der Waals surface area contributed by atoms with Crippen LogP contribution in [-0.2, 0) is 9.53 Å². The van der Waals surface area contributed by atoms with Gasteiger partial charge in [-0.05, 0) is 103 Å². The summed E-state index contributed by atoms with van der Waals surface area (Å²) in [7, 11) is 0. The molecule has 0 aliphatic heterocycles. The highest BCUT2D eigenvalue weighted by Crippen LogP contribution is 2.53. The molecule has 0 atom stereocenters. The quantitative estimate of drug-likeness (QED) is 0.621. The van der Waals surface area contributed by atoms with Crippen molar-refractivity contribution in [2.24, 2.45) is 29.1 Å². The molecule has 0 N–H and O–H groups in total. The van der Waals surface area contributed by atoms with E-state index in [9.17, 15) is 4.79 Å². The van der Waals surface area contributed by atoms with Gasteiger partial charge < -0.3 is 4.74 Å². The van der Waals surface area contributed by atoms with Crippen molar-refractivity contribution in [1.29, 1.82) is 0 Å². The lowest BCUT2D eigenvalue weighted by Gasteiger charge is -2.49. The Morgan fingerprint density at radius 3 is 1.36 bits per heavy atom. The molecule has 4 rings (SSSR count). The van der Waals surface area contributed by atoms with Gasteiger partial charge >= 0.3 is 5.97 Å². The summed E-state index contributed by atoms with van der Waals surface area (Å²) in [6.45, 7) is 11.5. The average Bonchev–Trinajstić information content (AvgIpc) is 2.35. The van der Waals surface area contributed by atoms with Crippen LogP contribution in [0.4, 0.5) is 0 Å². The van der Waals surface area contributed by atoms with E-state index in [4.69, 9.17) is 4.74 Å². The first-order valence-corrected chi connectivity index (χ1v) is 9.32. The Morgan fingerprint density at radius 2 is 1.14 bits per heavy atom. The van der Waals surface area contributed by atoms with Crippen molar-refractivity contribution in [3.05, 3.63) is 0 Å². The molecule has 22 heavy (non-hydrogen) atoms. The first kappa shape index (κ1) is 17.8. The fraction of sp³-hybridized carbons (Fsp3) is 0.950. The largest absolute Gasteiger partial charge is 0.460 e. The third-order valence-electron chi connectivity index (χ3n) is 5.84. The van der Waals surface area contributed by atoms with Crippen molar-refractivity contribution in [2.45, 2.75) is 92.1 Å². The number of hydrogen-bond acceptors (Lipinski definition) is 2. The summed E-state index contributed by atoms with van der Waals surface area (Å²) in [4.78, 5) is 11.5. The van der Waals surface area contributed by atoms with E-state index in [-0.39, 0.29) is 17.0 Å². The lowest BCUT2D eigenvalue weighted by molar-refractivity contribution is -0.165. The van der Waals surface area contributed by atoms with Crippen molar-refractivity contribution < 1.29 is 9.53 Å². The molecule has 2 nitrogen and oxygen atoms in total. The SMILES string of the molecule is C1C2CC3CC1CC(C2)C3.CCC(C)(C)C(=O)OC(C)(C)C. The number of carbonyl (C=O) groups is 1. The first-order valence-electron chi connectivity index (χ1n) is 9.32. The van der Waals surface area contributed by atoms with Gasteiger partial charge in [0, 0.05) is 0 Å². The van der Waals surface area contributed by atoms with Crippen molar-refractivity contribution in [1.82, 2.24) is 0 Å². The van der Waals surface area contributed by atoms with Gasteiger partial charge in [0.1, 0.15) is 5.60 Å². The van der Waals surface area contributed by atoms with E-state index in [1.807, 2.05) is 41.5 Å². The Bertz CT molecular complexity index is 332. The number of hydrogen-bond donors (Lipinski definition) is 0. The molecule has 2 heteroatoms. The van der Waals surface area contributed by atoms with Gasteiger partial charge in [-0.2, -0.15) is 0 Å². The topological polar surface area (TPSA) is 26.3 Å². The van der Waals surface area contributed by atoms with E-state index in [0.29, 0.717) is 0 Å². The third-order valence-corrected chi connectivity index (χ3v) is 5.84. The van der Waals surface area contributed by atoms with Gasteiger partial charge in [0.2, 0.25) is 0 Å². The number of ether oxygens (including phenoxy) is 1. The van der Waals surface area contributed by atoms with Crippen LogP contribution >= 0.6 is 0 Å². The summed E-state index contributed by atoms with van der Waals surface area (Å²) in [5.41, 5.74) is -0.725. The number of rotatable bonds is 2. The molecule has 4 aliphatic rings. The summed E-state index contributed by atoms with van der Waals surface area (Å²) >= 11 is 0. The van der Waals surface area contributed by atoms with Crippen molar-refractivity contribution in [3.63, 3.8) is 0 Å². The first-order chi connectivity index (χ1) is 10.1. The van der Waals surface area contributed by atoms with Crippen LogP contribution in [0.3, 0.4) is 0 Å². The van der Waals surface area contributed by atoms with Crippen LogP contribution < -0.4 is 0 Å². The molecule has 0 aromatic heterocycles. The summed E-state index contributed by atoms with van der Waals surface area (Å²) in [6.07, 6.45) is 10.4. The van der Waals surface area contributed by atoms with E-state index < -0.39 is 0 Å². The molecule has 0 aromatic rings. The number of esters is 1. The highest BCUT2D eigenvalue weighted by Gasteiger charge is 2.41. The van der Waals surface area contributed by atoms with Gasteiger partial charge in [0.25, 0.3) is 0 Å². The second-order valence-corrected chi connectivity index (χ2v) is 9.62. The molecule has 0 heterocycles. The van der Waals surface area contributed by atoms with E-state index >= 15 is 0 Å². The van der Waals surface area contributed by atoms with Gasteiger partial charge in [-0.15, -0.1) is 0 Å². The van der Waals surface area contributed by atoms with E-state index in [1.165, 1.54) is 23.7 Å². The lowest BCUT2D eigenvalue weighted by atomic mass is 9.56. The summed E-state index contributed by atoms with van der Waals surface area (Å²) in [6, 6.07) is 0. The zero-order chi connectivity index (χ0) is 16.5. The summed E-state index contributed by atoms with van der Waals surface area (Å²) in [5, 5.41) is 0. The van der Waals surface area contributed by atoms with E-state index in [0.717, 1.165) is 6.42 Å². The predicted molar refractivity (Wildman–Crippen MR) is 91.6 cm³/mol. The van der Waals surface area contributed by atoms with Gasteiger partial charge in [0.05, 0.1) is 5.41 Å². The smallest absolute Gasteiger partial charge is 0.312 e. The average molecular weight is 309 g/mol. The Hall–Kier alpha value is -0.530. The van der Waals surface area contributed by atoms with Crippen LogP contribution in [0.15, 0.2) is 0 Å². The molecule has 4 fully saturated rings. The van der Waals surface area contributed by atoms with Crippen LogP contribution in [-0.4, -0.2) is 11.6 Å². The highest BCUT2D eigenvalue weighted by atomic mass is 16.6. The molecule has 0 amide bonds. The lowest BCUT2D eigenvalue weighted by Crippen LogP contribution is -2.38. The predicted octanol–water partition coefficient (Wildman–Crippen LogP) is 5.60. The van der Waals surface area contributed by atoms with E-state index in [1.54, 1.807) is 38.5 Å². The fourth-order valence-electron chi connectivity index (χ4n) is 4.54. The second-order valence-electron chi connectivity index (χ2n) is 9.62. The Labute approximate surface area is 137 Å². The zero-order valence-corrected chi connectivity index (χ0v) is 15.6. The molecule has 0 unspecified atom stereocenters. The monoisotopic (exact) mass is 308 g/mol. The second kappa shape index (κ2) is 6.53. The normalized spacial score (nSPS) is 33.2. The molecule has 4 aliphatic carbocycles. The zero-order valence-electron chi connectivity index (χ0n) is 15.6. The highest BCUT2D eigenvalue weighted by molar-refractivity contribution is 5.76. The van der Waals surface area contributed by atoms with Gasteiger partial charge in [-0.3, -0.25) is 4.79 Å². The number of carbonyl (C=O) groups excluding carboxylic acids is 1. The van der Waals surface area contributed by atoms with Crippen LogP contribution in [0.2, 0.25) is 0 Å². The Morgan fingerprint density at radius 1 is 0.818 bits per heavy atom. The Balaban J connectivity index is 0.000000161. The maximum atomic E-state index is 11.5. The van der Waals surface area contributed by atoms with Crippen LogP contribution in [0.1, 0.15) is 86.5 Å². The molecule has 4 saturated carbocycles. The van der Waals surface area contributed by atoms with Crippen molar-refractivity contribution in [3.8, 4) is 0 Å². The summed E-state index contributed by atoms with van der Waals surface area (Å²) in [5.74, 6) is 4.59. The third kappa shape index (κ3) is 4.73. The maximum Gasteiger partial charge on any atom is 0.312 e. The van der Waals surface area contributed by atoms with Crippen LogP contribution in [0.25, 0.3) is 0 Å². The minimum Gasteiger partial charge on any atom is -0.460 e. The molecular weight excluding hydrogens is 272 g/mol. The van der Waals surface area contributed by atoms with Gasteiger partial charge in [-0.25, -0.2) is 0 Å². The Kier molecular flexibility index (Phi) is 5.29.